The fourth-order valence-electron chi connectivity index (χ4n) is 2.03. The zero-order chi connectivity index (χ0) is 16.3. The number of hydrogen-bond donors (Lipinski definition) is 2. The number of carbonyl (C=O) groups is 1. The lowest BCUT2D eigenvalue weighted by Gasteiger charge is -2.14. The third kappa shape index (κ3) is 3.66. The Balaban J connectivity index is 2.09. The summed E-state index contributed by atoms with van der Waals surface area (Å²) in [6.45, 7) is 1.67. The molecule has 1 heterocycles. The summed E-state index contributed by atoms with van der Waals surface area (Å²) in [7, 11) is 0. The van der Waals surface area contributed by atoms with Crippen LogP contribution in [0.5, 0.6) is 0 Å². The summed E-state index contributed by atoms with van der Waals surface area (Å²) in [5, 5.41) is 14.1. The number of halogens is 3. The van der Waals surface area contributed by atoms with E-state index in [0.717, 1.165) is 17.7 Å². The Morgan fingerprint density at radius 2 is 2.00 bits per heavy atom. The lowest BCUT2D eigenvalue weighted by atomic mass is 10.1. The normalized spacial score (nSPS) is 13.0. The summed E-state index contributed by atoms with van der Waals surface area (Å²) in [5.41, 5.74) is -0.568. The van der Waals surface area contributed by atoms with Crippen LogP contribution in [0.25, 0.3) is 0 Å². The molecule has 22 heavy (non-hydrogen) atoms. The Morgan fingerprint density at radius 3 is 2.59 bits per heavy atom. The standard InChI is InChI=1S/C15H14F3NO2S/c1-9-6-7-22-13(9)12(20)8-19-14(21)10-4-2-3-5-11(10)15(16,17)18/h2-7,12,20H,8H2,1H3,(H,19,21). The lowest BCUT2D eigenvalue weighted by molar-refractivity contribution is -0.137. The number of amides is 1. The van der Waals surface area contributed by atoms with Crippen molar-refractivity contribution in [1.29, 1.82) is 0 Å². The largest absolute Gasteiger partial charge is 0.417 e. The van der Waals surface area contributed by atoms with Gasteiger partial charge in [0.2, 0.25) is 0 Å². The van der Waals surface area contributed by atoms with Crippen LogP contribution in [0, 0.1) is 6.92 Å². The van der Waals surface area contributed by atoms with E-state index in [0.29, 0.717) is 4.88 Å². The van der Waals surface area contributed by atoms with Crippen molar-refractivity contribution in [2.24, 2.45) is 0 Å². The van der Waals surface area contributed by atoms with Crippen molar-refractivity contribution in [3.8, 4) is 0 Å². The van der Waals surface area contributed by atoms with Gasteiger partial charge in [-0.15, -0.1) is 11.3 Å². The third-order valence-corrected chi connectivity index (χ3v) is 4.26. The van der Waals surface area contributed by atoms with Crippen molar-refractivity contribution in [2.45, 2.75) is 19.2 Å². The van der Waals surface area contributed by atoms with E-state index in [1.54, 1.807) is 5.38 Å². The quantitative estimate of drug-likeness (QED) is 0.901. The van der Waals surface area contributed by atoms with Crippen LogP contribution >= 0.6 is 11.3 Å². The summed E-state index contributed by atoms with van der Waals surface area (Å²) in [4.78, 5) is 12.6. The summed E-state index contributed by atoms with van der Waals surface area (Å²) in [6, 6.07) is 6.38. The molecule has 0 saturated heterocycles. The maximum absolute atomic E-state index is 12.9. The highest BCUT2D eigenvalue weighted by atomic mass is 32.1. The second-order valence-electron chi connectivity index (χ2n) is 4.74. The van der Waals surface area contributed by atoms with Gasteiger partial charge in [-0.05, 0) is 36.1 Å². The molecule has 0 fully saturated rings. The van der Waals surface area contributed by atoms with E-state index in [-0.39, 0.29) is 6.54 Å². The van der Waals surface area contributed by atoms with Crippen LogP contribution in [0.2, 0.25) is 0 Å². The molecular formula is C15H14F3NO2S. The number of aliphatic hydroxyl groups excluding tert-OH is 1. The average Bonchev–Trinajstić information content (AvgIpc) is 2.89. The van der Waals surface area contributed by atoms with E-state index < -0.39 is 29.3 Å². The summed E-state index contributed by atoms with van der Waals surface area (Å²) in [5.74, 6) is -0.860. The van der Waals surface area contributed by atoms with Gasteiger partial charge in [0.25, 0.3) is 5.91 Å². The van der Waals surface area contributed by atoms with Gasteiger partial charge in [0.15, 0.2) is 0 Å². The minimum Gasteiger partial charge on any atom is -0.386 e. The molecular weight excluding hydrogens is 315 g/mol. The SMILES string of the molecule is Cc1ccsc1C(O)CNC(=O)c1ccccc1C(F)(F)F. The van der Waals surface area contributed by atoms with Gasteiger partial charge in [0, 0.05) is 11.4 Å². The van der Waals surface area contributed by atoms with Crippen LogP contribution in [0.1, 0.15) is 32.5 Å². The van der Waals surface area contributed by atoms with E-state index >= 15 is 0 Å². The predicted octanol–water partition coefficient (Wildman–Crippen LogP) is 3.54. The smallest absolute Gasteiger partial charge is 0.386 e. The highest BCUT2D eigenvalue weighted by Gasteiger charge is 2.34. The van der Waals surface area contributed by atoms with Crippen LogP contribution in [0.3, 0.4) is 0 Å². The van der Waals surface area contributed by atoms with Gasteiger partial charge in [0.05, 0.1) is 11.1 Å². The molecule has 1 amide bonds. The molecule has 0 aliphatic carbocycles. The summed E-state index contributed by atoms with van der Waals surface area (Å²) < 4.78 is 38.6. The second-order valence-corrected chi connectivity index (χ2v) is 5.68. The Hall–Kier alpha value is -1.86. The molecule has 1 aromatic heterocycles. The Bertz CT molecular complexity index is 667. The monoisotopic (exact) mass is 329 g/mol. The molecule has 1 aromatic carbocycles. The van der Waals surface area contributed by atoms with Crippen molar-refractivity contribution >= 4 is 17.2 Å². The molecule has 1 unspecified atom stereocenters. The zero-order valence-corrected chi connectivity index (χ0v) is 12.5. The molecule has 2 aromatic rings. The first-order chi connectivity index (χ1) is 10.3. The molecule has 0 saturated carbocycles. The van der Waals surface area contributed by atoms with E-state index in [2.05, 4.69) is 5.32 Å². The van der Waals surface area contributed by atoms with E-state index in [4.69, 9.17) is 0 Å². The van der Waals surface area contributed by atoms with Gasteiger partial charge >= 0.3 is 6.18 Å². The number of hydrogen-bond acceptors (Lipinski definition) is 3. The molecule has 1 atom stereocenters. The van der Waals surface area contributed by atoms with Gasteiger partial charge in [-0.3, -0.25) is 4.79 Å². The number of aliphatic hydroxyl groups is 1. The molecule has 2 rings (SSSR count). The van der Waals surface area contributed by atoms with Crippen LogP contribution in [0.4, 0.5) is 13.2 Å². The van der Waals surface area contributed by atoms with Crippen molar-refractivity contribution in [3.05, 3.63) is 57.3 Å². The molecule has 0 radical (unpaired) electrons. The zero-order valence-electron chi connectivity index (χ0n) is 11.6. The third-order valence-electron chi connectivity index (χ3n) is 3.14. The molecule has 0 bridgehead atoms. The van der Waals surface area contributed by atoms with Gasteiger partial charge < -0.3 is 10.4 Å². The number of benzene rings is 1. The molecule has 0 aliphatic rings. The molecule has 2 N–H and O–H groups in total. The first kappa shape index (κ1) is 16.5. The van der Waals surface area contributed by atoms with Crippen LogP contribution in [-0.2, 0) is 6.18 Å². The minimum atomic E-state index is -4.60. The number of nitrogens with one attached hydrogen (secondary N) is 1. The Morgan fingerprint density at radius 1 is 1.32 bits per heavy atom. The minimum absolute atomic E-state index is 0.146. The molecule has 7 heteroatoms. The number of aryl methyl sites for hydroxylation is 1. The maximum atomic E-state index is 12.9. The van der Waals surface area contributed by atoms with Crippen molar-refractivity contribution in [1.82, 2.24) is 5.32 Å². The van der Waals surface area contributed by atoms with Gasteiger partial charge in [0.1, 0.15) is 6.10 Å². The van der Waals surface area contributed by atoms with Crippen LogP contribution < -0.4 is 5.32 Å². The first-order valence-corrected chi connectivity index (χ1v) is 7.35. The number of alkyl halides is 3. The number of carbonyl (C=O) groups excluding carboxylic acids is 1. The van der Waals surface area contributed by atoms with Crippen molar-refractivity contribution in [3.63, 3.8) is 0 Å². The molecule has 0 aliphatic heterocycles. The summed E-state index contributed by atoms with van der Waals surface area (Å²) >= 11 is 1.33. The number of thiophene rings is 1. The van der Waals surface area contributed by atoms with Crippen LogP contribution in [0.15, 0.2) is 35.7 Å². The van der Waals surface area contributed by atoms with Crippen molar-refractivity contribution in [2.75, 3.05) is 6.54 Å². The molecule has 118 valence electrons. The maximum Gasteiger partial charge on any atom is 0.417 e. The van der Waals surface area contributed by atoms with Crippen LogP contribution in [-0.4, -0.2) is 17.6 Å². The fourth-order valence-corrected chi connectivity index (χ4v) is 2.94. The predicted molar refractivity (Wildman–Crippen MR) is 77.8 cm³/mol. The average molecular weight is 329 g/mol. The summed E-state index contributed by atoms with van der Waals surface area (Å²) in [6.07, 6.45) is -5.54. The second kappa shape index (κ2) is 6.50. The molecule has 0 spiro atoms. The fraction of sp³-hybridized carbons (Fsp3) is 0.267. The first-order valence-electron chi connectivity index (χ1n) is 6.47. The Labute approximate surface area is 129 Å². The van der Waals surface area contributed by atoms with Gasteiger partial charge in [-0.1, -0.05) is 12.1 Å². The Kier molecular flexibility index (Phi) is 4.87. The van der Waals surface area contributed by atoms with Gasteiger partial charge in [-0.25, -0.2) is 0 Å². The highest BCUT2D eigenvalue weighted by Crippen LogP contribution is 2.31. The van der Waals surface area contributed by atoms with E-state index in [9.17, 15) is 23.1 Å². The van der Waals surface area contributed by atoms with E-state index in [1.165, 1.54) is 23.5 Å². The number of rotatable bonds is 4. The van der Waals surface area contributed by atoms with Crippen molar-refractivity contribution < 1.29 is 23.1 Å². The highest BCUT2D eigenvalue weighted by molar-refractivity contribution is 7.10. The van der Waals surface area contributed by atoms with E-state index in [1.807, 2.05) is 13.0 Å². The lowest BCUT2D eigenvalue weighted by Crippen LogP contribution is -2.30. The van der Waals surface area contributed by atoms with Gasteiger partial charge in [-0.2, -0.15) is 13.2 Å². The topological polar surface area (TPSA) is 49.3 Å². The molecule has 3 nitrogen and oxygen atoms in total.